The van der Waals surface area contributed by atoms with E-state index in [0.29, 0.717) is 46.6 Å². The first-order valence-corrected chi connectivity index (χ1v) is 10.7. The number of nitrogens with zero attached hydrogens (tertiary/aromatic N) is 1. The summed E-state index contributed by atoms with van der Waals surface area (Å²) in [5.74, 6) is 0.386. The maximum absolute atomic E-state index is 13.2. The molecule has 0 aliphatic carbocycles. The number of ether oxygens (including phenoxy) is 3. The van der Waals surface area contributed by atoms with Crippen LogP contribution < -0.4 is 19.1 Å². The first-order chi connectivity index (χ1) is 16.4. The highest BCUT2D eigenvalue weighted by molar-refractivity contribution is 6.51. The predicted molar refractivity (Wildman–Crippen MR) is 125 cm³/mol. The zero-order valence-electron chi connectivity index (χ0n) is 19.3. The molecule has 8 heteroatoms. The van der Waals surface area contributed by atoms with Crippen LogP contribution in [0.25, 0.3) is 5.76 Å². The number of benzene rings is 2. The maximum atomic E-state index is 13.2. The average Bonchev–Trinajstić information content (AvgIpc) is 3.39. The van der Waals surface area contributed by atoms with Crippen molar-refractivity contribution < 1.29 is 33.3 Å². The number of carbonyl (C=O) groups is 2. The molecule has 34 heavy (non-hydrogen) atoms. The number of ketones is 1. The van der Waals surface area contributed by atoms with Gasteiger partial charge in [-0.15, -0.1) is 0 Å². The van der Waals surface area contributed by atoms with E-state index in [4.69, 9.17) is 18.6 Å². The van der Waals surface area contributed by atoms with Gasteiger partial charge in [0.05, 0.1) is 26.4 Å². The molecular formula is C26H25NO7. The second-order valence-corrected chi connectivity index (χ2v) is 7.62. The number of methoxy groups -OCH3 is 2. The van der Waals surface area contributed by atoms with Crippen LogP contribution in [0.4, 0.5) is 5.69 Å². The average molecular weight is 463 g/mol. The van der Waals surface area contributed by atoms with Crippen LogP contribution in [-0.4, -0.2) is 37.6 Å². The SMILES string of the molecule is CCOc1cccc(N2C(=O)C(=O)/C(=C(\O)c3ccc(OC)c(OC)c3)C2c2ccc(C)o2)c1. The molecule has 0 saturated carbocycles. The number of aliphatic hydroxyl groups is 1. The number of Topliss-reactive ketones (excluding diaryl/α,β-unsaturated/α-hetero) is 1. The molecule has 1 atom stereocenters. The smallest absolute Gasteiger partial charge is 0.300 e. The van der Waals surface area contributed by atoms with Crippen LogP contribution in [0, 0.1) is 6.92 Å². The minimum Gasteiger partial charge on any atom is -0.507 e. The van der Waals surface area contributed by atoms with E-state index in [1.54, 1.807) is 61.5 Å². The molecule has 1 unspecified atom stereocenters. The first-order valence-electron chi connectivity index (χ1n) is 10.7. The molecule has 1 amide bonds. The van der Waals surface area contributed by atoms with Crippen LogP contribution in [0.5, 0.6) is 17.2 Å². The van der Waals surface area contributed by atoms with Crippen LogP contribution in [-0.2, 0) is 9.59 Å². The van der Waals surface area contributed by atoms with E-state index >= 15 is 0 Å². The normalized spacial score (nSPS) is 17.2. The lowest BCUT2D eigenvalue weighted by molar-refractivity contribution is -0.132. The summed E-state index contributed by atoms with van der Waals surface area (Å²) in [7, 11) is 2.97. The summed E-state index contributed by atoms with van der Waals surface area (Å²) < 4.78 is 22.0. The van der Waals surface area contributed by atoms with Crippen LogP contribution in [0.3, 0.4) is 0 Å². The second kappa shape index (κ2) is 9.35. The first kappa shape index (κ1) is 23.0. The van der Waals surface area contributed by atoms with E-state index in [-0.39, 0.29) is 11.3 Å². The highest BCUT2D eigenvalue weighted by atomic mass is 16.5. The lowest BCUT2D eigenvalue weighted by Gasteiger charge is -2.24. The van der Waals surface area contributed by atoms with Gasteiger partial charge in [0.1, 0.15) is 29.1 Å². The third-order valence-electron chi connectivity index (χ3n) is 5.54. The summed E-state index contributed by atoms with van der Waals surface area (Å²) in [6, 6.07) is 14.1. The fourth-order valence-electron chi connectivity index (χ4n) is 4.00. The van der Waals surface area contributed by atoms with Gasteiger partial charge in [0.2, 0.25) is 0 Å². The van der Waals surface area contributed by atoms with E-state index in [0.717, 1.165) is 0 Å². The summed E-state index contributed by atoms with van der Waals surface area (Å²) in [4.78, 5) is 27.8. The molecule has 0 bridgehead atoms. The van der Waals surface area contributed by atoms with Crippen molar-refractivity contribution in [3.63, 3.8) is 0 Å². The molecule has 1 N–H and O–H groups in total. The Morgan fingerprint density at radius 2 is 1.79 bits per heavy atom. The number of aliphatic hydroxyl groups excluding tert-OH is 1. The van der Waals surface area contributed by atoms with Gasteiger partial charge in [0.25, 0.3) is 11.7 Å². The molecule has 1 aliphatic rings. The zero-order chi connectivity index (χ0) is 24.4. The molecule has 1 fully saturated rings. The molecule has 0 spiro atoms. The third kappa shape index (κ3) is 3.98. The number of furan rings is 1. The largest absolute Gasteiger partial charge is 0.507 e. The van der Waals surface area contributed by atoms with Gasteiger partial charge in [-0.1, -0.05) is 6.07 Å². The van der Waals surface area contributed by atoms with Crippen molar-refractivity contribution in [1.29, 1.82) is 0 Å². The van der Waals surface area contributed by atoms with E-state index in [1.807, 2.05) is 6.92 Å². The number of hydrogen-bond donors (Lipinski definition) is 1. The van der Waals surface area contributed by atoms with Gasteiger partial charge in [0, 0.05) is 17.3 Å². The Morgan fingerprint density at radius 1 is 1.03 bits per heavy atom. The quantitative estimate of drug-likeness (QED) is 0.310. The molecule has 8 nitrogen and oxygen atoms in total. The van der Waals surface area contributed by atoms with Gasteiger partial charge in [-0.05, 0) is 56.3 Å². The topological polar surface area (TPSA) is 98.4 Å². The predicted octanol–water partition coefficient (Wildman–Crippen LogP) is 4.63. The lowest BCUT2D eigenvalue weighted by atomic mass is 9.99. The molecule has 4 rings (SSSR count). The Labute approximate surface area is 197 Å². The number of anilines is 1. The number of aryl methyl sites for hydroxylation is 1. The van der Waals surface area contributed by atoms with Crippen molar-refractivity contribution in [2.24, 2.45) is 0 Å². The Morgan fingerprint density at radius 3 is 2.44 bits per heavy atom. The Bertz CT molecular complexity index is 1270. The van der Waals surface area contributed by atoms with Gasteiger partial charge in [-0.2, -0.15) is 0 Å². The molecule has 1 aromatic heterocycles. The highest BCUT2D eigenvalue weighted by Crippen LogP contribution is 2.44. The summed E-state index contributed by atoms with van der Waals surface area (Å²) in [6.07, 6.45) is 0. The Balaban J connectivity index is 1.91. The minimum atomic E-state index is -0.973. The monoisotopic (exact) mass is 463 g/mol. The molecule has 2 aromatic carbocycles. The second-order valence-electron chi connectivity index (χ2n) is 7.62. The van der Waals surface area contributed by atoms with Crippen molar-refractivity contribution in [2.45, 2.75) is 19.9 Å². The summed E-state index contributed by atoms with van der Waals surface area (Å²) in [6.45, 7) is 4.07. The molecule has 2 heterocycles. The van der Waals surface area contributed by atoms with E-state index in [2.05, 4.69) is 0 Å². The van der Waals surface area contributed by atoms with Crippen LogP contribution in [0.15, 0.2) is 64.6 Å². The molecule has 176 valence electrons. The van der Waals surface area contributed by atoms with Crippen LogP contribution >= 0.6 is 0 Å². The molecule has 3 aromatic rings. The minimum absolute atomic E-state index is 0.0895. The van der Waals surface area contributed by atoms with Gasteiger partial charge in [-0.25, -0.2) is 0 Å². The van der Waals surface area contributed by atoms with Gasteiger partial charge in [-0.3, -0.25) is 14.5 Å². The standard InChI is InChI=1S/C26H25NO7/c1-5-33-18-8-6-7-17(14-18)27-23(20-11-9-15(2)34-20)22(25(29)26(27)30)24(28)16-10-12-19(31-3)21(13-16)32-4/h6-14,23,28H,5H2,1-4H3/b24-22-. The molecule has 0 radical (unpaired) electrons. The lowest BCUT2D eigenvalue weighted by Crippen LogP contribution is -2.29. The fraction of sp³-hybridized carbons (Fsp3) is 0.231. The van der Waals surface area contributed by atoms with Crippen molar-refractivity contribution in [1.82, 2.24) is 0 Å². The van der Waals surface area contributed by atoms with Gasteiger partial charge in [0.15, 0.2) is 11.5 Å². The Hall–Kier alpha value is -4.20. The third-order valence-corrected chi connectivity index (χ3v) is 5.54. The van der Waals surface area contributed by atoms with Crippen molar-refractivity contribution in [3.05, 3.63) is 77.3 Å². The van der Waals surface area contributed by atoms with Crippen LogP contribution in [0.1, 0.15) is 30.0 Å². The van der Waals surface area contributed by atoms with Gasteiger partial charge < -0.3 is 23.7 Å². The van der Waals surface area contributed by atoms with E-state index < -0.39 is 17.7 Å². The highest BCUT2D eigenvalue weighted by Gasteiger charge is 2.48. The van der Waals surface area contributed by atoms with Gasteiger partial charge >= 0.3 is 0 Å². The number of amides is 1. The van der Waals surface area contributed by atoms with E-state index in [1.165, 1.54) is 19.1 Å². The number of carbonyl (C=O) groups excluding carboxylic acids is 2. The van der Waals surface area contributed by atoms with Crippen molar-refractivity contribution in [3.8, 4) is 17.2 Å². The van der Waals surface area contributed by atoms with Crippen molar-refractivity contribution >= 4 is 23.1 Å². The molecular weight excluding hydrogens is 438 g/mol. The fourth-order valence-corrected chi connectivity index (χ4v) is 4.00. The number of hydrogen-bond acceptors (Lipinski definition) is 7. The molecule has 1 saturated heterocycles. The zero-order valence-corrected chi connectivity index (χ0v) is 19.3. The summed E-state index contributed by atoms with van der Waals surface area (Å²) in [5, 5.41) is 11.3. The van der Waals surface area contributed by atoms with Crippen LogP contribution in [0.2, 0.25) is 0 Å². The molecule has 1 aliphatic heterocycles. The number of rotatable bonds is 7. The summed E-state index contributed by atoms with van der Waals surface area (Å²) >= 11 is 0. The Kier molecular flexibility index (Phi) is 6.32. The maximum Gasteiger partial charge on any atom is 0.300 e. The van der Waals surface area contributed by atoms with Crippen molar-refractivity contribution in [2.75, 3.05) is 25.7 Å². The van der Waals surface area contributed by atoms with E-state index in [9.17, 15) is 14.7 Å². The summed E-state index contributed by atoms with van der Waals surface area (Å²) in [5.41, 5.74) is 0.652.